The van der Waals surface area contributed by atoms with E-state index in [1.807, 2.05) is 53.8 Å². The predicted molar refractivity (Wildman–Crippen MR) is 357 cm³/mol. The summed E-state index contributed by atoms with van der Waals surface area (Å²) in [4.78, 5) is 48.1. The van der Waals surface area contributed by atoms with Crippen molar-refractivity contribution < 1.29 is 102 Å². The van der Waals surface area contributed by atoms with E-state index >= 15 is 0 Å². The lowest BCUT2D eigenvalue weighted by Gasteiger charge is -2.46. The zero-order valence-corrected chi connectivity index (χ0v) is 58.8. The van der Waals surface area contributed by atoms with Crippen LogP contribution in [-0.4, -0.2) is 212 Å². The second kappa shape index (κ2) is 34.3. The van der Waals surface area contributed by atoms with Crippen LogP contribution in [0.5, 0.6) is 17.2 Å². The van der Waals surface area contributed by atoms with Crippen LogP contribution < -0.4 is 36.1 Å². The van der Waals surface area contributed by atoms with Gasteiger partial charge in [0.25, 0.3) is 0 Å². The molecule has 2 aromatic carbocycles. The molecule has 4 heterocycles. The van der Waals surface area contributed by atoms with Gasteiger partial charge in [-0.15, -0.1) is 6.42 Å². The number of nitrogens with two attached hydrogens (primary N) is 1. The topological polar surface area (TPSA) is 334 Å². The lowest BCUT2D eigenvalue weighted by atomic mass is 9.76. The van der Waals surface area contributed by atoms with E-state index in [4.69, 9.17) is 73.8 Å². The Morgan fingerprint density at radius 2 is 1.61 bits per heavy atom. The fourth-order valence-electron chi connectivity index (χ4n) is 11.5. The number of hydrogen-bond donors (Lipinski definition) is 9. The molecule has 0 bridgehead atoms. The van der Waals surface area contributed by atoms with Crippen molar-refractivity contribution >= 4 is 78.6 Å². The molecule has 5 aliphatic rings. The number of likely N-dealkylation sites (N-methyl/N-ethyl adjacent to an activating group) is 1. The summed E-state index contributed by atoms with van der Waals surface area (Å²) in [6.45, 7) is 14.9. The van der Waals surface area contributed by atoms with Crippen molar-refractivity contribution in [1.82, 2.24) is 16.1 Å². The number of aliphatic hydroxyl groups excluding tert-OH is 4. The average Bonchev–Trinajstić information content (AvgIpc) is 0.768. The highest BCUT2D eigenvalue weighted by Gasteiger charge is 2.52. The highest BCUT2D eigenvalue weighted by atomic mass is 127. The van der Waals surface area contributed by atoms with Gasteiger partial charge in [-0.1, -0.05) is 76.2 Å². The number of amides is 1. The maximum atomic E-state index is 14.5. The van der Waals surface area contributed by atoms with Crippen molar-refractivity contribution in [2.75, 3.05) is 60.2 Å². The Balaban J connectivity index is 1.15. The molecule has 2 aromatic rings. The standard InChI is InChI=1S/C64H87IN4O21S3/c1-15-17-18-19-20-41(46-37(64(9,77)29-40(71)49(46)68-62(76)82-14)25-26-91-93-63(7,8)35-21-23-36(66)24-22-35)87-61-56(88-43-28-42(78-10)38(30-83-43)67-16-2)51(73)48(32(4)85-61)69-90-44-27-39(70)58(34(6)84-44)92-59(75)45-31(3)47(65)54(57(81-13)53(45)79-11)89-60-52(74)55(80-12)50(72)33(5)86-60/h1,17-18,21-25,32-34,38-39,41-44,48,50-52,55-56,58,60-61,67,69-70,72-74,77H,16,26-30,66H2,2-14H3,(H,68,76)/b18-17-,37-25+/t32-,33+,34-,38+,39+,41+,42+,43+,44+,48-,50+,51+,52-,55-,56-,58-,60+,61+,64+/m1/s1. The molecule has 4 saturated heterocycles. The molecule has 1 aliphatic carbocycles. The van der Waals surface area contributed by atoms with Gasteiger partial charge in [-0.2, -0.15) is 5.48 Å². The number of allylic oxidation sites excluding steroid dienone is 3. The smallest absolute Gasteiger partial charge is 0.411 e. The van der Waals surface area contributed by atoms with E-state index < -0.39 is 137 Å². The number of benzene rings is 2. The van der Waals surface area contributed by atoms with E-state index in [0.29, 0.717) is 21.4 Å². The number of alkyl carbamates (subject to hydrolysis) is 1. The molecule has 0 saturated carbocycles. The van der Waals surface area contributed by atoms with Crippen LogP contribution in [0.3, 0.4) is 0 Å². The normalized spacial score (nSPS) is 32.5. The number of ether oxygens (including phenoxy) is 12. The van der Waals surface area contributed by atoms with E-state index in [-0.39, 0.29) is 70.9 Å². The van der Waals surface area contributed by atoms with E-state index in [1.54, 1.807) is 51.7 Å². The zero-order chi connectivity index (χ0) is 68.2. The number of methoxy groups -OCH3 is 5. The quantitative estimate of drug-likeness (QED) is 0.0165. The van der Waals surface area contributed by atoms with Gasteiger partial charge in [0.2, 0.25) is 17.2 Å². The van der Waals surface area contributed by atoms with Gasteiger partial charge < -0.3 is 93.4 Å². The Hall–Kier alpha value is -4.27. The molecular formula is C64H87IN4O21S3. The first kappa shape index (κ1) is 76.1. The zero-order valence-electron chi connectivity index (χ0n) is 54.2. The maximum Gasteiger partial charge on any atom is 0.411 e. The van der Waals surface area contributed by atoms with E-state index in [2.05, 4.69) is 47.7 Å². The second-order valence-electron chi connectivity index (χ2n) is 23.4. The number of halogens is 1. The van der Waals surface area contributed by atoms with Crippen LogP contribution in [0.4, 0.5) is 10.5 Å². The number of thioether (sulfide) groups is 1. The van der Waals surface area contributed by atoms with Crippen LogP contribution >= 0.6 is 55.9 Å². The molecule has 0 radical (unpaired) electrons. The molecule has 1 amide bonds. The molecule has 4 aliphatic heterocycles. The van der Waals surface area contributed by atoms with Crippen LogP contribution in [0.15, 0.2) is 59.3 Å². The first-order chi connectivity index (χ1) is 44.2. The average molecular weight is 1470 g/mol. The van der Waals surface area contributed by atoms with Gasteiger partial charge in [0.05, 0.1) is 96.2 Å². The first-order valence-corrected chi connectivity index (χ1v) is 34.4. The van der Waals surface area contributed by atoms with Gasteiger partial charge >= 0.3 is 6.09 Å². The number of nitrogen functional groups attached to an aromatic ring is 1. The fourth-order valence-corrected chi connectivity index (χ4v) is 15.7. The number of rotatable bonds is 24. The minimum Gasteiger partial charge on any atom is -0.492 e. The van der Waals surface area contributed by atoms with Crippen molar-refractivity contribution in [2.24, 2.45) is 0 Å². The van der Waals surface area contributed by atoms with Gasteiger partial charge in [0.1, 0.15) is 36.6 Å². The Labute approximate surface area is 568 Å². The summed E-state index contributed by atoms with van der Waals surface area (Å²) in [5.74, 6) is 8.03. The molecule has 10 N–H and O–H groups in total. The molecule has 19 atom stereocenters. The minimum atomic E-state index is -1.85. The predicted octanol–water partition coefficient (Wildman–Crippen LogP) is 5.07. The molecule has 0 spiro atoms. The van der Waals surface area contributed by atoms with Gasteiger partial charge in [-0.25, -0.2) is 4.79 Å². The third-order valence-corrected chi connectivity index (χ3v) is 22.3. The monoisotopic (exact) mass is 1470 g/mol. The molecule has 4 fully saturated rings. The van der Waals surface area contributed by atoms with Crippen molar-refractivity contribution in [3.8, 4) is 41.4 Å². The molecule has 29 heteroatoms. The molecule has 93 heavy (non-hydrogen) atoms. The third-order valence-electron chi connectivity index (χ3n) is 16.5. The molecule has 0 aromatic heterocycles. The maximum absolute atomic E-state index is 14.5. The van der Waals surface area contributed by atoms with Crippen molar-refractivity contribution in [1.29, 1.82) is 0 Å². The number of anilines is 1. The van der Waals surface area contributed by atoms with Gasteiger partial charge in [0.15, 0.2) is 36.2 Å². The minimum absolute atomic E-state index is 0.0185. The van der Waals surface area contributed by atoms with Crippen LogP contribution in [0.2, 0.25) is 0 Å². The van der Waals surface area contributed by atoms with Crippen molar-refractivity contribution in [3.63, 3.8) is 0 Å². The first-order valence-electron chi connectivity index (χ1n) is 30.2. The number of carbonyl (C=O) groups is 3. The number of carbonyl (C=O) groups excluding carboxylic acids is 3. The second-order valence-corrected chi connectivity index (χ2v) is 28.6. The Kier molecular flexibility index (Phi) is 28.1. The lowest BCUT2D eigenvalue weighted by Crippen LogP contribution is -2.65. The fraction of sp³-hybridized carbons (Fsp3) is 0.609. The van der Waals surface area contributed by atoms with E-state index in [9.17, 15) is 39.9 Å². The Morgan fingerprint density at radius 3 is 2.25 bits per heavy atom. The van der Waals surface area contributed by atoms with Crippen LogP contribution in [0.1, 0.15) is 89.2 Å². The lowest BCUT2D eigenvalue weighted by molar-refractivity contribution is -0.336. The molecule has 7 rings (SSSR count). The van der Waals surface area contributed by atoms with Gasteiger partial charge in [0, 0.05) is 55.2 Å². The summed E-state index contributed by atoms with van der Waals surface area (Å²) in [5.41, 5.74) is 9.15. The van der Waals surface area contributed by atoms with Gasteiger partial charge in [-0.05, 0) is 119 Å². The summed E-state index contributed by atoms with van der Waals surface area (Å²) in [6.07, 6.45) is -8.75. The number of hydrogen-bond acceptors (Lipinski definition) is 27. The summed E-state index contributed by atoms with van der Waals surface area (Å²) >= 11 is 2.82. The van der Waals surface area contributed by atoms with Crippen molar-refractivity contribution in [3.05, 3.63) is 79.6 Å². The number of Topliss-reactive ketones (excluding diaryl/α,β-unsaturated/α-hetero) is 1. The highest BCUT2D eigenvalue weighted by molar-refractivity contribution is 14.1. The summed E-state index contributed by atoms with van der Waals surface area (Å²) in [7, 11) is 9.82. The van der Waals surface area contributed by atoms with E-state index in [1.165, 1.54) is 51.2 Å². The van der Waals surface area contributed by atoms with E-state index in [0.717, 1.165) is 24.4 Å². The Morgan fingerprint density at radius 1 is 0.914 bits per heavy atom. The SMILES string of the molecule is C#C/C=C\C#C[C@H](O[C@@H]1O[C@H](C)[C@@H](NO[C@H]2C[C@H](O)[C@H](SC(=O)c3c(C)c(I)c(O[C@@H]4O[C@@H](C)[C@H](O)[C@@H](OC)[C@H]4O)c(OC)c3OC)[C@@H](C)O2)[C@H](O)[C@H]1O[C@H]1C[C@H](OC)[C@@H](NCC)CO1)C1=C(NC(=O)OC)C(=O)C[C@](C)(O)/C1=C/CSSC(C)(C)c1ccc(N)cc1. The number of nitrogens with one attached hydrogen (secondary N) is 3. The summed E-state index contributed by atoms with van der Waals surface area (Å²) < 4.78 is 72.6. The third kappa shape index (κ3) is 18.3. The number of hydroxylamine groups is 1. The Bertz CT molecular complexity index is 3110. The molecule has 0 unspecified atom stereocenters. The molecule has 514 valence electrons. The number of terminal acetylenes is 1. The van der Waals surface area contributed by atoms with Gasteiger partial charge in [-0.3, -0.25) is 19.7 Å². The summed E-state index contributed by atoms with van der Waals surface area (Å²) in [5, 5.41) is 63.0. The largest absolute Gasteiger partial charge is 0.492 e. The molecule has 25 nitrogen and oxygen atoms in total. The number of aliphatic hydroxyl groups is 5. The van der Waals surface area contributed by atoms with Crippen LogP contribution in [-0.2, 0) is 57.0 Å². The number of ketones is 1. The molecular weight excluding hydrogens is 1380 g/mol. The van der Waals surface area contributed by atoms with Crippen LogP contribution in [0, 0.1) is 34.7 Å². The van der Waals surface area contributed by atoms with Crippen LogP contribution in [0.25, 0.3) is 0 Å². The summed E-state index contributed by atoms with van der Waals surface area (Å²) in [6, 6.07) is 6.25. The van der Waals surface area contributed by atoms with Crippen molar-refractivity contribution in [2.45, 2.75) is 195 Å². The highest BCUT2D eigenvalue weighted by Crippen LogP contribution is 2.50.